The van der Waals surface area contributed by atoms with Crippen molar-refractivity contribution in [2.45, 2.75) is 60.0 Å². The minimum atomic E-state index is -1.11. The lowest BCUT2D eigenvalue weighted by molar-refractivity contribution is 0.0255. The summed E-state index contributed by atoms with van der Waals surface area (Å²) in [5.74, 6) is -1.11. The Bertz CT molecular complexity index is 546. The van der Waals surface area contributed by atoms with Crippen LogP contribution in [0.25, 0.3) is 0 Å². The summed E-state index contributed by atoms with van der Waals surface area (Å²) in [6.45, 7) is 9.90. The third-order valence-electron chi connectivity index (χ3n) is 3.88. The Morgan fingerprint density at radius 2 is 1.64 bits per heavy atom. The van der Waals surface area contributed by atoms with Gasteiger partial charge in [0.05, 0.1) is 11.1 Å². The molecule has 1 unspecified atom stereocenters. The van der Waals surface area contributed by atoms with Crippen molar-refractivity contribution in [1.29, 1.82) is 0 Å². The number of ether oxygens (including phenoxy) is 1. The molecule has 0 amide bonds. The summed E-state index contributed by atoms with van der Waals surface area (Å²) in [5, 5.41) is 9.29. The number of carboxylic acids is 1. The first-order valence-electron chi connectivity index (χ1n) is 7.81. The van der Waals surface area contributed by atoms with E-state index in [4.69, 9.17) is 4.74 Å². The number of hydrogen-bond donors (Lipinski definition) is 1. The zero-order valence-corrected chi connectivity index (χ0v) is 14.1. The Balaban J connectivity index is 2.96. The molecular weight excluding hydrogens is 280 g/mol. The molecule has 0 radical (unpaired) electrons. The Morgan fingerprint density at radius 3 is 2.09 bits per heavy atom. The molecule has 0 fully saturated rings. The minimum Gasteiger partial charge on any atom is -0.478 e. The van der Waals surface area contributed by atoms with Crippen LogP contribution < -0.4 is 0 Å². The second-order valence-corrected chi connectivity index (χ2v) is 6.19. The van der Waals surface area contributed by atoms with Gasteiger partial charge in [-0.1, -0.05) is 20.8 Å². The van der Waals surface area contributed by atoms with Crippen molar-refractivity contribution in [3.05, 3.63) is 34.4 Å². The maximum absolute atomic E-state index is 12.4. The van der Waals surface area contributed by atoms with E-state index < -0.39 is 11.9 Å². The van der Waals surface area contributed by atoms with Gasteiger partial charge in [-0.15, -0.1) is 0 Å². The molecule has 1 aromatic rings. The first-order valence-corrected chi connectivity index (χ1v) is 7.81. The van der Waals surface area contributed by atoms with Crippen LogP contribution in [0.1, 0.15) is 71.9 Å². The molecule has 1 atom stereocenters. The lowest BCUT2D eigenvalue weighted by atomic mass is 9.99. The molecule has 0 saturated carbocycles. The number of hydrogen-bond acceptors (Lipinski definition) is 3. The van der Waals surface area contributed by atoms with E-state index in [0.717, 1.165) is 30.4 Å². The largest absolute Gasteiger partial charge is 0.478 e. The summed E-state index contributed by atoms with van der Waals surface area (Å²) in [7, 11) is 0. The number of aryl methyl sites for hydroxylation is 2. The minimum absolute atomic E-state index is 0.00631. The molecule has 122 valence electrons. The molecule has 0 aliphatic heterocycles. The molecule has 0 aliphatic carbocycles. The van der Waals surface area contributed by atoms with Crippen molar-refractivity contribution in [3.8, 4) is 0 Å². The number of carboxylic acid groups (broad SMARTS) is 1. The predicted octanol–water partition coefficient (Wildman–Crippen LogP) is 4.37. The molecule has 1 aromatic carbocycles. The van der Waals surface area contributed by atoms with Crippen LogP contribution in [-0.4, -0.2) is 23.1 Å². The van der Waals surface area contributed by atoms with Crippen LogP contribution in [0.3, 0.4) is 0 Å². The molecule has 1 rings (SSSR count). The molecule has 4 nitrogen and oxygen atoms in total. The molecule has 1 N–H and O–H groups in total. The van der Waals surface area contributed by atoms with Crippen LogP contribution in [0.2, 0.25) is 0 Å². The molecular formula is C18H26O4. The van der Waals surface area contributed by atoms with Gasteiger partial charge in [0.25, 0.3) is 0 Å². The van der Waals surface area contributed by atoms with Gasteiger partial charge < -0.3 is 9.84 Å². The smallest absolute Gasteiger partial charge is 0.339 e. The molecule has 0 heterocycles. The third-order valence-corrected chi connectivity index (χ3v) is 3.88. The van der Waals surface area contributed by atoms with Crippen LogP contribution in [0.5, 0.6) is 0 Å². The predicted molar refractivity (Wildman–Crippen MR) is 86.4 cm³/mol. The van der Waals surface area contributed by atoms with E-state index in [-0.39, 0.29) is 17.2 Å². The normalized spacial score (nSPS) is 12.3. The van der Waals surface area contributed by atoms with Gasteiger partial charge in [0.15, 0.2) is 0 Å². The number of carbonyl (C=O) groups excluding carboxylic acids is 1. The number of rotatable bonds is 7. The monoisotopic (exact) mass is 306 g/mol. The first kappa shape index (κ1) is 18.2. The van der Waals surface area contributed by atoms with Crippen LogP contribution >= 0.6 is 0 Å². The molecule has 4 heteroatoms. The number of aromatic carboxylic acids is 1. The number of esters is 1. The van der Waals surface area contributed by atoms with E-state index in [1.165, 1.54) is 6.07 Å². The van der Waals surface area contributed by atoms with Gasteiger partial charge >= 0.3 is 11.9 Å². The highest BCUT2D eigenvalue weighted by Crippen LogP contribution is 2.20. The van der Waals surface area contributed by atoms with Gasteiger partial charge in [0, 0.05) is 0 Å². The Kier molecular flexibility index (Phi) is 6.60. The number of carbonyl (C=O) groups is 2. The topological polar surface area (TPSA) is 63.6 Å². The van der Waals surface area contributed by atoms with Gasteiger partial charge in [-0.2, -0.15) is 0 Å². The molecule has 0 aromatic heterocycles. The Morgan fingerprint density at radius 1 is 1.09 bits per heavy atom. The van der Waals surface area contributed by atoms with Gasteiger partial charge in [-0.05, 0) is 62.3 Å². The first-order chi connectivity index (χ1) is 10.3. The molecule has 0 aliphatic rings. The second kappa shape index (κ2) is 7.97. The quantitative estimate of drug-likeness (QED) is 0.760. The van der Waals surface area contributed by atoms with Gasteiger partial charge in [0.2, 0.25) is 0 Å². The highest BCUT2D eigenvalue weighted by atomic mass is 16.5. The lowest BCUT2D eigenvalue weighted by Gasteiger charge is -2.18. The van der Waals surface area contributed by atoms with Crippen LogP contribution in [0.15, 0.2) is 12.1 Å². The molecule has 0 spiro atoms. The maximum atomic E-state index is 12.4. The molecule has 0 bridgehead atoms. The average molecular weight is 306 g/mol. The van der Waals surface area contributed by atoms with E-state index in [2.05, 4.69) is 13.8 Å². The van der Waals surface area contributed by atoms with E-state index >= 15 is 0 Å². The summed E-state index contributed by atoms with van der Waals surface area (Å²) in [5.41, 5.74) is 1.87. The van der Waals surface area contributed by atoms with Crippen molar-refractivity contribution in [1.82, 2.24) is 0 Å². The van der Waals surface area contributed by atoms with E-state index in [9.17, 15) is 14.7 Å². The van der Waals surface area contributed by atoms with E-state index in [1.54, 1.807) is 6.07 Å². The average Bonchev–Trinajstić information content (AvgIpc) is 2.45. The van der Waals surface area contributed by atoms with Crippen molar-refractivity contribution in [2.24, 2.45) is 5.92 Å². The van der Waals surface area contributed by atoms with Crippen LogP contribution in [-0.2, 0) is 4.74 Å². The summed E-state index contributed by atoms with van der Waals surface area (Å²) in [6, 6.07) is 3.14. The third kappa shape index (κ3) is 4.86. The maximum Gasteiger partial charge on any atom is 0.339 e. The van der Waals surface area contributed by atoms with E-state index in [1.807, 2.05) is 20.8 Å². The van der Waals surface area contributed by atoms with Crippen molar-refractivity contribution >= 4 is 11.9 Å². The van der Waals surface area contributed by atoms with Crippen LogP contribution in [0, 0.1) is 19.8 Å². The summed E-state index contributed by atoms with van der Waals surface area (Å²) >= 11 is 0. The van der Waals surface area contributed by atoms with Gasteiger partial charge in [-0.3, -0.25) is 0 Å². The summed E-state index contributed by atoms with van der Waals surface area (Å²) < 4.78 is 5.52. The SMILES string of the molecule is CCC(CCC(C)C)OC(=O)c1cc(C)c(C)cc1C(=O)O. The summed E-state index contributed by atoms with van der Waals surface area (Å²) in [6.07, 6.45) is 2.33. The van der Waals surface area contributed by atoms with Crippen LogP contribution in [0.4, 0.5) is 0 Å². The van der Waals surface area contributed by atoms with Crippen molar-refractivity contribution < 1.29 is 19.4 Å². The Hall–Kier alpha value is -1.84. The Labute approximate surface area is 132 Å². The molecule has 0 saturated heterocycles. The fraction of sp³-hybridized carbons (Fsp3) is 0.556. The lowest BCUT2D eigenvalue weighted by Crippen LogP contribution is -2.20. The fourth-order valence-corrected chi connectivity index (χ4v) is 2.24. The zero-order valence-electron chi connectivity index (χ0n) is 14.1. The van der Waals surface area contributed by atoms with Gasteiger partial charge in [0.1, 0.15) is 6.10 Å². The highest BCUT2D eigenvalue weighted by molar-refractivity contribution is 6.02. The van der Waals surface area contributed by atoms with Crippen molar-refractivity contribution in [3.63, 3.8) is 0 Å². The zero-order chi connectivity index (χ0) is 16.9. The second-order valence-electron chi connectivity index (χ2n) is 6.19. The van der Waals surface area contributed by atoms with E-state index in [0.29, 0.717) is 5.92 Å². The standard InChI is InChI=1S/C18H26O4/c1-6-14(8-7-11(2)3)22-18(21)16-10-13(5)12(4)9-15(16)17(19)20/h9-11,14H,6-8H2,1-5H3,(H,19,20). The van der Waals surface area contributed by atoms with Gasteiger partial charge in [-0.25, -0.2) is 9.59 Å². The highest BCUT2D eigenvalue weighted by Gasteiger charge is 2.22. The van der Waals surface area contributed by atoms with Crippen molar-refractivity contribution in [2.75, 3.05) is 0 Å². The molecule has 22 heavy (non-hydrogen) atoms. The fourth-order valence-electron chi connectivity index (χ4n) is 2.24. The summed E-state index contributed by atoms with van der Waals surface area (Å²) in [4.78, 5) is 23.7. The number of benzene rings is 1.